The number of ether oxygens (including phenoxy) is 3. The van der Waals surface area contributed by atoms with E-state index in [0.717, 1.165) is 5.56 Å². The van der Waals surface area contributed by atoms with Gasteiger partial charge in [-0.05, 0) is 66.4 Å². The minimum Gasteiger partial charge on any atom is -0.507 e. The summed E-state index contributed by atoms with van der Waals surface area (Å²) in [4.78, 5) is 28.3. The van der Waals surface area contributed by atoms with E-state index in [-0.39, 0.29) is 11.3 Å². The predicted octanol–water partition coefficient (Wildman–Crippen LogP) is 5.67. The van der Waals surface area contributed by atoms with Crippen LogP contribution in [0.2, 0.25) is 0 Å². The van der Waals surface area contributed by atoms with E-state index in [1.54, 1.807) is 24.3 Å². The second kappa shape index (κ2) is 10.8. The van der Waals surface area contributed by atoms with Crippen LogP contribution in [0.1, 0.15) is 36.6 Å². The first-order valence-electron chi connectivity index (χ1n) is 12.1. The summed E-state index contributed by atoms with van der Waals surface area (Å²) in [6.07, 6.45) is 0. The molecule has 1 N–H and O–H groups in total. The molecule has 3 aromatic rings. The van der Waals surface area contributed by atoms with E-state index in [1.165, 1.54) is 19.1 Å². The van der Waals surface area contributed by atoms with Crippen molar-refractivity contribution in [2.75, 3.05) is 25.7 Å². The fraction of sp³-hybridized carbons (Fsp3) is 0.267. The zero-order valence-corrected chi connectivity index (χ0v) is 21.6. The number of carbonyl (C=O) groups excluding carboxylic acids is 2. The number of methoxy groups -OCH3 is 2. The van der Waals surface area contributed by atoms with Crippen molar-refractivity contribution >= 4 is 23.1 Å². The Hall–Kier alpha value is -4.26. The number of Topliss-reactive ketones (excluding diaryl/α,β-unsaturated/α-hetero) is 1. The lowest BCUT2D eigenvalue weighted by molar-refractivity contribution is -0.132. The second-order valence-corrected chi connectivity index (χ2v) is 9.36. The molecule has 1 heterocycles. The van der Waals surface area contributed by atoms with Gasteiger partial charge in [0.1, 0.15) is 11.5 Å². The molecular formula is C30H31NO6. The van der Waals surface area contributed by atoms with E-state index in [0.29, 0.717) is 46.6 Å². The number of amides is 1. The Morgan fingerprint density at radius 3 is 2.35 bits per heavy atom. The van der Waals surface area contributed by atoms with Crippen molar-refractivity contribution in [3.8, 4) is 17.2 Å². The van der Waals surface area contributed by atoms with Gasteiger partial charge in [0.15, 0.2) is 11.5 Å². The van der Waals surface area contributed by atoms with E-state index >= 15 is 0 Å². The van der Waals surface area contributed by atoms with Gasteiger partial charge in [-0.2, -0.15) is 0 Å². The zero-order valence-electron chi connectivity index (χ0n) is 21.6. The van der Waals surface area contributed by atoms with Crippen molar-refractivity contribution in [1.29, 1.82) is 0 Å². The molecule has 0 aromatic heterocycles. The first-order chi connectivity index (χ1) is 17.7. The normalized spacial score (nSPS) is 16.8. The highest BCUT2D eigenvalue weighted by Gasteiger charge is 2.47. The highest BCUT2D eigenvalue weighted by molar-refractivity contribution is 6.51. The third-order valence-corrected chi connectivity index (χ3v) is 6.14. The van der Waals surface area contributed by atoms with Crippen LogP contribution in [0.3, 0.4) is 0 Å². The summed E-state index contributed by atoms with van der Waals surface area (Å²) < 4.78 is 16.6. The Morgan fingerprint density at radius 2 is 1.68 bits per heavy atom. The van der Waals surface area contributed by atoms with E-state index < -0.39 is 17.7 Å². The van der Waals surface area contributed by atoms with Gasteiger partial charge in [0, 0.05) is 11.3 Å². The molecule has 1 fully saturated rings. The lowest BCUT2D eigenvalue weighted by Gasteiger charge is -2.26. The average molecular weight is 502 g/mol. The molecule has 0 aliphatic carbocycles. The third-order valence-electron chi connectivity index (χ3n) is 6.14. The minimum atomic E-state index is -0.863. The molecule has 4 rings (SSSR count). The maximum atomic E-state index is 13.5. The van der Waals surface area contributed by atoms with Gasteiger partial charge >= 0.3 is 0 Å². The molecule has 1 aliphatic rings. The van der Waals surface area contributed by atoms with Crippen molar-refractivity contribution < 1.29 is 28.9 Å². The number of rotatable bonds is 8. The van der Waals surface area contributed by atoms with Crippen molar-refractivity contribution in [3.63, 3.8) is 0 Å². The number of anilines is 1. The van der Waals surface area contributed by atoms with Crippen molar-refractivity contribution in [1.82, 2.24) is 0 Å². The molecule has 1 amide bonds. The molecule has 0 bridgehead atoms. The summed E-state index contributed by atoms with van der Waals surface area (Å²) in [5, 5.41) is 11.4. The summed E-state index contributed by atoms with van der Waals surface area (Å²) in [6, 6.07) is 18.6. The lowest BCUT2D eigenvalue weighted by atomic mass is 9.94. The molecule has 3 aromatic carbocycles. The van der Waals surface area contributed by atoms with Gasteiger partial charge in [0.2, 0.25) is 0 Å². The summed E-state index contributed by atoms with van der Waals surface area (Å²) in [6.45, 7) is 6.55. The lowest BCUT2D eigenvalue weighted by Crippen LogP contribution is -2.29. The number of nitrogens with zero attached hydrogens (tertiary/aromatic N) is 1. The van der Waals surface area contributed by atoms with E-state index in [1.807, 2.05) is 49.4 Å². The second-order valence-electron chi connectivity index (χ2n) is 9.36. The maximum absolute atomic E-state index is 13.5. The van der Waals surface area contributed by atoms with Gasteiger partial charge in [-0.25, -0.2) is 0 Å². The van der Waals surface area contributed by atoms with Gasteiger partial charge < -0.3 is 19.3 Å². The van der Waals surface area contributed by atoms with E-state index in [4.69, 9.17) is 14.2 Å². The number of ketones is 1. The molecule has 7 heteroatoms. The van der Waals surface area contributed by atoms with Gasteiger partial charge in [-0.1, -0.05) is 38.1 Å². The van der Waals surface area contributed by atoms with Gasteiger partial charge in [-0.3, -0.25) is 14.5 Å². The first kappa shape index (κ1) is 25.8. The number of aliphatic hydroxyl groups excluding tert-OH is 1. The monoisotopic (exact) mass is 501 g/mol. The number of benzene rings is 3. The van der Waals surface area contributed by atoms with Crippen LogP contribution in [-0.4, -0.2) is 37.6 Å². The van der Waals surface area contributed by atoms with E-state index in [9.17, 15) is 14.7 Å². The number of carbonyl (C=O) groups is 2. The molecular weight excluding hydrogens is 470 g/mol. The van der Waals surface area contributed by atoms with Crippen LogP contribution in [-0.2, 0) is 9.59 Å². The fourth-order valence-corrected chi connectivity index (χ4v) is 4.37. The Morgan fingerprint density at radius 1 is 0.946 bits per heavy atom. The first-order valence-corrected chi connectivity index (χ1v) is 12.1. The number of hydrogen-bond donors (Lipinski definition) is 1. The number of hydrogen-bond acceptors (Lipinski definition) is 6. The van der Waals surface area contributed by atoms with Gasteiger partial charge in [0.25, 0.3) is 11.7 Å². The predicted molar refractivity (Wildman–Crippen MR) is 142 cm³/mol. The Balaban J connectivity index is 1.91. The highest BCUT2D eigenvalue weighted by atomic mass is 16.5. The highest BCUT2D eigenvalue weighted by Crippen LogP contribution is 2.43. The molecule has 0 saturated carbocycles. The molecule has 192 valence electrons. The maximum Gasteiger partial charge on any atom is 0.300 e. The number of aliphatic hydroxyl groups is 1. The van der Waals surface area contributed by atoms with Gasteiger partial charge in [-0.15, -0.1) is 0 Å². The Bertz CT molecular complexity index is 1360. The molecule has 0 spiro atoms. The topological polar surface area (TPSA) is 85.3 Å². The fourth-order valence-electron chi connectivity index (χ4n) is 4.37. The van der Waals surface area contributed by atoms with E-state index in [2.05, 4.69) is 13.8 Å². The van der Waals surface area contributed by atoms with Crippen molar-refractivity contribution in [2.45, 2.75) is 26.8 Å². The number of aryl methyl sites for hydroxylation is 1. The SMILES string of the molecule is COc1ccc(/C(O)=C2\C(=O)C(=O)N(c3cccc(C)c3)C2c2cccc(OCC(C)C)c2)cc1OC. The van der Waals surface area contributed by atoms with Crippen LogP contribution in [0, 0.1) is 12.8 Å². The third kappa shape index (κ3) is 5.16. The molecule has 1 unspecified atom stereocenters. The molecule has 1 saturated heterocycles. The van der Waals surface area contributed by atoms with Crippen LogP contribution in [0.15, 0.2) is 72.3 Å². The molecule has 7 nitrogen and oxygen atoms in total. The van der Waals surface area contributed by atoms with Crippen LogP contribution in [0.5, 0.6) is 17.2 Å². The van der Waals surface area contributed by atoms with Crippen LogP contribution in [0.25, 0.3) is 5.76 Å². The van der Waals surface area contributed by atoms with Crippen molar-refractivity contribution in [3.05, 3.63) is 89.0 Å². The zero-order chi connectivity index (χ0) is 26.7. The summed E-state index contributed by atoms with van der Waals surface area (Å²) >= 11 is 0. The van der Waals surface area contributed by atoms with Crippen LogP contribution < -0.4 is 19.1 Å². The Labute approximate surface area is 216 Å². The minimum absolute atomic E-state index is 0.0141. The van der Waals surface area contributed by atoms with Crippen molar-refractivity contribution in [2.24, 2.45) is 5.92 Å². The standard InChI is InChI=1S/C30H31NO6/c1-18(2)17-37-23-11-7-9-20(15-23)27-26(28(32)21-12-13-24(35-4)25(16-21)36-5)29(33)30(34)31(27)22-10-6-8-19(3)14-22/h6-16,18,27,32H,17H2,1-5H3/b28-26+. The summed E-state index contributed by atoms with van der Waals surface area (Å²) in [7, 11) is 3.00. The molecule has 1 atom stereocenters. The average Bonchev–Trinajstić information content (AvgIpc) is 3.17. The van der Waals surface area contributed by atoms with Crippen LogP contribution >= 0.6 is 0 Å². The quantitative estimate of drug-likeness (QED) is 0.243. The summed E-state index contributed by atoms with van der Waals surface area (Å²) in [5.41, 5.74) is 2.46. The summed E-state index contributed by atoms with van der Waals surface area (Å²) in [5.74, 6) is 0.0241. The smallest absolute Gasteiger partial charge is 0.300 e. The molecule has 37 heavy (non-hydrogen) atoms. The van der Waals surface area contributed by atoms with Gasteiger partial charge in [0.05, 0.1) is 32.4 Å². The van der Waals surface area contributed by atoms with Crippen LogP contribution in [0.4, 0.5) is 5.69 Å². The molecule has 0 radical (unpaired) electrons. The largest absolute Gasteiger partial charge is 0.507 e. The molecule has 1 aliphatic heterocycles. The Kier molecular flexibility index (Phi) is 7.53.